The number of rotatable bonds is 4. The van der Waals surface area contributed by atoms with Crippen LogP contribution in [0, 0.1) is 12.7 Å². The minimum Gasteiger partial charge on any atom is -0.379 e. The van der Waals surface area contributed by atoms with Gasteiger partial charge in [0, 0.05) is 6.07 Å². The van der Waals surface area contributed by atoms with Crippen molar-refractivity contribution < 1.29 is 21.8 Å². The van der Waals surface area contributed by atoms with Gasteiger partial charge in [-0.3, -0.25) is 4.79 Å². The Morgan fingerprint density at radius 2 is 1.76 bits per heavy atom. The zero-order valence-electron chi connectivity index (χ0n) is 11.0. The third-order valence-corrected chi connectivity index (χ3v) is 3.98. The summed E-state index contributed by atoms with van der Waals surface area (Å²) in [4.78, 5) is 10.8. The van der Waals surface area contributed by atoms with E-state index < -0.39 is 21.8 Å². The highest BCUT2D eigenvalue weighted by Gasteiger charge is 2.18. The molecule has 0 heterocycles. The molecule has 0 radical (unpaired) electrons. The van der Waals surface area contributed by atoms with Gasteiger partial charge in [0.25, 0.3) is 5.91 Å². The van der Waals surface area contributed by atoms with Crippen LogP contribution in [0.3, 0.4) is 0 Å². The number of primary amides is 1. The summed E-state index contributed by atoms with van der Waals surface area (Å²) in [5.74, 6) is -2.13. The second-order valence-corrected chi connectivity index (χ2v) is 5.90. The van der Waals surface area contributed by atoms with Crippen molar-refractivity contribution in [2.24, 2.45) is 5.73 Å². The quantitative estimate of drug-likeness (QED) is 0.875. The fraction of sp³-hybridized carbons (Fsp3) is 0.0714. The molecule has 1 amide bonds. The summed E-state index contributed by atoms with van der Waals surface area (Å²) in [6, 6.07) is 9.04. The Hall–Kier alpha value is -2.41. The molecule has 2 N–H and O–H groups in total. The molecule has 0 atom stereocenters. The summed E-state index contributed by atoms with van der Waals surface area (Å²) < 4.78 is 42.4. The minimum atomic E-state index is -4.06. The maximum absolute atomic E-state index is 13.6. The molecule has 0 spiro atoms. The van der Waals surface area contributed by atoms with Gasteiger partial charge in [-0.05, 0) is 31.2 Å². The molecular formula is C14H12FNO4S. The van der Waals surface area contributed by atoms with Gasteiger partial charge in [-0.15, -0.1) is 0 Å². The Kier molecular flexibility index (Phi) is 3.95. The number of benzene rings is 2. The molecule has 0 aliphatic rings. The van der Waals surface area contributed by atoms with Gasteiger partial charge in [0.15, 0.2) is 0 Å². The third kappa shape index (κ3) is 3.38. The molecule has 110 valence electrons. The van der Waals surface area contributed by atoms with Crippen LogP contribution in [0.2, 0.25) is 0 Å². The van der Waals surface area contributed by atoms with Crippen LogP contribution in [0.15, 0.2) is 47.4 Å². The summed E-state index contributed by atoms with van der Waals surface area (Å²) in [6.45, 7) is 1.81. The summed E-state index contributed by atoms with van der Waals surface area (Å²) >= 11 is 0. The number of amides is 1. The van der Waals surface area contributed by atoms with E-state index in [2.05, 4.69) is 0 Å². The molecule has 0 saturated heterocycles. The predicted octanol–water partition coefficient (Wildman–Crippen LogP) is 2.00. The van der Waals surface area contributed by atoms with Gasteiger partial charge >= 0.3 is 10.1 Å². The Morgan fingerprint density at radius 1 is 1.14 bits per heavy atom. The van der Waals surface area contributed by atoms with Crippen molar-refractivity contribution in [1.82, 2.24) is 0 Å². The highest BCUT2D eigenvalue weighted by molar-refractivity contribution is 7.87. The molecule has 21 heavy (non-hydrogen) atoms. The van der Waals surface area contributed by atoms with Crippen LogP contribution in [-0.4, -0.2) is 14.3 Å². The monoisotopic (exact) mass is 309 g/mol. The first-order valence-corrected chi connectivity index (χ1v) is 7.31. The number of hydrogen-bond acceptors (Lipinski definition) is 4. The van der Waals surface area contributed by atoms with Gasteiger partial charge in [-0.2, -0.15) is 8.42 Å². The normalized spacial score (nSPS) is 11.1. The summed E-state index contributed by atoms with van der Waals surface area (Å²) in [5.41, 5.74) is 5.52. The van der Waals surface area contributed by atoms with Gasteiger partial charge in [0.1, 0.15) is 16.5 Å². The Balaban J connectivity index is 2.31. The number of carbonyl (C=O) groups excluding carboxylic acids is 1. The smallest absolute Gasteiger partial charge is 0.339 e. The van der Waals surface area contributed by atoms with Gasteiger partial charge in [-0.1, -0.05) is 17.7 Å². The van der Waals surface area contributed by atoms with E-state index in [0.717, 1.165) is 23.8 Å². The van der Waals surface area contributed by atoms with Crippen molar-refractivity contribution in [2.75, 3.05) is 0 Å². The van der Waals surface area contributed by atoms with E-state index in [-0.39, 0.29) is 16.2 Å². The molecule has 0 fully saturated rings. The summed E-state index contributed by atoms with van der Waals surface area (Å²) in [5, 5.41) is 0. The lowest BCUT2D eigenvalue weighted by Crippen LogP contribution is -2.14. The van der Waals surface area contributed by atoms with Crippen molar-refractivity contribution in [2.45, 2.75) is 11.8 Å². The van der Waals surface area contributed by atoms with Crippen LogP contribution in [-0.2, 0) is 10.1 Å². The molecule has 2 rings (SSSR count). The van der Waals surface area contributed by atoms with Crippen molar-refractivity contribution >= 4 is 16.0 Å². The minimum absolute atomic E-state index is 0.0486. The van der Waals surface area contributed by atoms with Crippen LogP contribution in [0.25, 0.3) is 0 Å². The molecule has 2 aromatic rings. The van der Waals surface area contributed by atoms with E-state index in [0.29, 0.717) is 0 Å². The lowest BCUT2D eigenvalue weighted by molar-refractivity contribution is 0.0996. The Bertz CT molecular complexity index is 785. The molecule has 7 heteroatoms. The number of carbonyl (C=O) groups is 1. The van der Waals surface area contributed by atoms with Gasteiger partial charge < -0.3 is 9.92 Å². The standard InChI is InChI=1S/C14H12FNO4S/c1-9-2-5-11(6-3-9)21(18,19)20-10-4-7-12(14(16)17)13(15)8-10/h2-8H,1H3,(H2,16,17). The van der Waals surface area contributed by atoms with Crippen LogP contribution in [0.1, 0.15) is 15.9 Å². The van der Waals surface area contributed by atoms with Crippen LogP contribution in [0.4, 0.5) is 4.39 Å². The number of aryl methyl sites for hydroxylation is 1. The first kappa shape index (κ1) is 15.0. The lowest BCUT2D eigenvalue weighted by Gasteiger charge is -2.08. The molecule has 0 saturated carbocycles. The second-order valence-electron chi connectivity index (χ2n) is 4.36. The molecule has 5 nitrogen and oxygen atoms in total. The van der Waals surface area contributed by atoms with E-state index in [9.17, 15) is 17.6 Å². The molecule has 0 aliphatic carbocycles. The maximum atomic E-state index is 13.6. The topological polar surface area (TPSA) is 86.5 Å². The maximum Gasteiger partial charge on any atom is 0.339 e. The molecule has 0 aromatic heterocycles. The zero-order valence-corrected chi connectivity index (χ0v) is 11.9. The SMILES string of the molecule is Cc1ccc(S(=O)(=O)Oc2ccc(C(N)=O)c(F)c2)cc1. The van der Waals surface area contributed by atoms with Crippen LogP contribution < -0.4 is 9.92 Å². The van der Waals surface area contributed by atoms with Crippen molar-refractivity contribution in [3.05, 3.63) is 59.4 Å². The highest BCUT2D eigenvalue weighted by Crippen LogP contribution is 2.21. The molecule has 0 aliphatic heterocycles. The zero-order chi connectivity index (χ0) is 15.6. The molecule has 0 unspecified atom stereocenters. The first-order valence-electron chi connectivity index (χ1n) is 5.90. The van der Waals surface area contributed by atoms with Crippen LogP contribution >= 0.6 is 0 Å². The van der Waals surface area contributed by atoms with E-state index in [1.54, 1.807) is 12.1 Å². The second kappa shape index (κ2) is 5.53. The van der Waals surface area contributed by atoms with Gasteiger partial charge in [0.05, 0.1) is 5.56 Å². The van der Waals surface area contributed by atoms with Gasteiger partial charge in [-0.25, -0.2) is 4.39 Å². The van der Waals surface area contributed by atoms with E-state index in [1.807, 2.05) is 6.92 Å². The van der Waals surface area contributed by atoms with Crippen LogP contribution in [0.5, 0.6) is 5.75 Å². The largest absolute Gasteiger partial charge is 0.379 e. The number of nitrogens with two attached hydrogens (primary N) is 1. The lowest BCUT2D eigenvalue weighted by atomic mass is 10.2. The van der Waals surface area contributed by atoms with E-state index in [4.69, 9.17) is 9.92 Å². The fourth-order valence-electron chi connectivity index (χ4n) is 1.63. The molecular weight excluding hydrogens is 297 g/mol. The highest BCUT2D eigenvalue weighted by atomic mass is 32.2. The summed E-state index contributed by atoms with van der Waals surface area (Å²) in [7, 11) is -4.06. The van der Waals surface area contributed by atoms with Gasteiger partial charge in [0.2, 0.25) is 0 Å². The predicted molar refractivity (Wildman–Crippen MR) is 73.9 cm³/mol. The molecule has 2 aromatic carbocycles. The Labute approximate surface area is 121 Å². The average Bonchev–Trinajstić information content (AvgIpc) is 2.38. The average molecular weight is 309 g/mol. The van der Waals surface area contributed by atoms with Crippen molar-refractivity contribution in [3.63, 3.8) is 0 Å². The Morgan fingerprint density at radius 3 is 2.29 bits per heavy atom. The van der Waals surface area contributed by atoms with E-state index in [1.165, 1.54) is 12.1 Å². The van der Waals surface area contributed by atoms with E-state index >= 15 is 0 Å². The summed E-state index contributed by atoms with van der Waals surface area (Å²) in [6.07, 6.45) is 0. The third-order valence-electron chi connectivity index (χ3n) is 2.72. The molecule has 0 bridgehead atoms. The number of halogens is 1. The van der Waals surface area contributed by atoms with Crippen molar-refractivity contribution in [1.29, 1.82) is 0 Å². The first-order chi connectivity index (χ1) is 9.79. The fourth-order valence-corrected chi connectivity index (χ4v) is 2.55. The number of hydrogen-bond donors (Lipinski definition) is 1. The van der Waals surface area contributed by atoms with Crippen molar-refractivity contribution in [3.8, 4) is 5.75 Å².